The van der Waals surface area contributed by atoms with E-state index < -0.39 is 18.0 Å². The van der Waals surface area contributed by atoms with Crippen molar-refractivity contribution in [3.63, 3.8) is 0 Å². The lowest BCUT2D eigenvalue weighted by Crippen LogP contribution is -2.41. The summed E-state index contributed by atoms with van der Waals surface area (Å²) in [5.74, 6) is -0.545. The van der Waals surface area contributed by atoms with Gasteiger partial charge in [-0.15, -0.1) is 0 Å². The maximum absolute atomic E-state index is 11.7. The first-order chi connectivity index (χ1) is 8.04. The van der Waals surface area contributed by atoms with Gasteiger partial charge in [-0.1, -0.05) is 13.8 Å². The molecule has 98 valence electrons. The van der Waals surface area contributed by atoms with Gasteiger partial charge in [0.15, 0.2) is 0 Å². The molecule has 17 heavy (non-hydrogen) atoms. The molecule has 2 atom stereocenters. The van der Waals surface area contributed by atoms with Crippen LogP contribution in [0, 0.1) is 5.92 Å². The van der Waals surface area contributed by atoms with Crippen LogP contribution in [0.5, 0.6) is 0 Å². The highest BCUT2D eigenvalue weighted by atomic mass is 16.6. The zero-order valence-electron chi connectivity index (χ0n) is 10.8. The molecule has 0 aliphatic carbocycles. The lowest BCUT2D eigenvalue weighted by atomic mass is 10.0. The lowest BCUT2D eigenvalue weighted by molar-refractivity contribution is -0.162. The van der Waals surface area contributed by atoms with E-state index in [1.807, 2.05) is 13.8 Å². The lowest BCUT2D eigenvalue weighted by Gasteiger charge is -2.17. The van der Waals surface area contributed by atoms with Gasteiger partial charge in [-0.3, -0.25) is 0 Å². The van der Waals surface area contributed by atoms with Crippen molar-refractivity contribution in [3.8, 4) is 0 Å². The molecule has 0 unspecified atom stereocenters. The molecule has 1 rings (SSSR count). The fraction of sp³-hybridized carbons (Fsp3) is 0.833. The Bertz CT molecular complexity index is 273. The maximum atomic E-state index is 11.7. The summed E-state index contributed by atoms with van der Waals surface area (Å²) in [7, 11) is 1.70. The van der Waals surface area contributed by atoms with Crippen LogP contribution in [-0.2, 0) is 14.3 Å². The Morgan fingerprint density at radius 1 is 1.47 bits per heavy atom. The third kappa shape index (κ3) is 4.44. The molecule has 0 saturated carbocycles. The fourth-order valence-electron chi connectivity index (χ4n) is 1.93. The van der Waals surface area contributed by atoms with Crippen molar-refractivity contribution < 1.29 is 14.3 Å². The molecular formula is C12H22N2O3. The van der Waals surface area contributed by atoms with Gasteiger partial charge in [-0.2, -0.15) is 0 Å². The third-order valence-corrected chi connectivity index (χ3v) is 2.89. The monoisotopic (exact) mass is 242 g/mol. The van der Waals surface area contributed by atoms with E-state index in [9.17, 15) is 9.59 Å². The Labute approximate surface area is 102 Å². The summed E-state index contributed by atoms with van der Waals surface area (Å²) in [6, 6.07) is -0.712. The van der Waals surface area contributed by atoms with Gasteiger partial charge in [0.05, 0.1) is 0 Å². The smallest absolute Gasteiger partial charge is 0.330 e. The van der Waals surface area contributed by atoms with E-state index in [0.717, 1.165) is 19.4 Å². The van der Waals surface area contributed by atoms with Crippen LogP contribution in [0.15, 0.2) is 0 Å². The van der Waals surface area contributed by atoms with Crippen molar-refractivity contribution in [3.05, 3.63) is 0 Å². The number of likely N-dealkylation sites (N-methyl/N-ethyl adjacent to an activating group) is 1. The quantitative estimate of drug-likeness (QED) is 0.541. The molecule has 0 amide bonds. The van der Waals surface area contributed by atoms with Crippen LogP contribution in [0.4, 0.5) is 0 Å². The molecule has 0 spiro atoms. The van der Waals surface area contributed by atoms with Crippen LogP contribution in [0.3, 0.4) is 0 Å². The molecule has 5 nitrogen and oxygen atoms in total. The average Bonchev–Trinajstić information content (AvgIpc) is 2.78. The second-order valence-electron chi connectivity index (χ2n) is 4.86. The number of rotatable bonds is 5. The molecule has 5 heteroatoms. The number of esters is 2. The molecule has 1 heterocycles. The molecule has 0 aromatic heterocycles. The van der Waals surface area contributed by atoms with E-state index in [4.69, 9.17) is 4.74 Å². The molecular weight excluding hydrogens is 220 g/mol. The van der Waals surface area contributed by atoms with Gasteiger partial charge in [0, 0.05) is 0 Å². The number of ether oxygens (including phenoxy) is 1. The molecule has 1 fully saturated rings. The molecule has 0 bridgehead atoms. The largest absolute Gasteiger partial charge is 0.391 e. The molecule has 1 aliphatic rings. The third-order valence-electron chi connectivity index (χ3n) is 2.89. The minimum Gasteiger partial charge on any atom is -0.391 e. The Balaban J connectivity index is 2.42. The van der Waals surface area contributed by atoms with Crippen molar-refractivity contribution in [1.82, 2.24) is 10.6 Å². The number of hydrogen-bond donors (Lipinski definition) is 2. The van der Waals surface area contributed by atoms with Crippen molar-refractivity contribution in [2.24, 2.45) is 5.92 Å². The van der Waals surface area contributed by atoms with Crippen LogP contribution in [-0.4, -0.2) is 37.6 Å². The highest BCUT2D eigenvalue weighted by Gasteiger charge is 2.28. The average molecular weight is 242 g/mol. The molecule has 1 aliphatic heterocycles. The summed E-state index contributed by atoms with van der Waals surface area (Å²) in [4.78, 5) is 23.4. The van der Waals surface area contributed by atoms with E-state index in [1.54, 1.807) is 7.05 Å². The number of carbonyl (C=O) groups excluding carboxylic acids is 2. The number of nitrogens with one attached hydrogen (secondary N) is 2. The predicted octanol–water partition coefficient (Wildman–Crippen LogP) is 0.442. The van der Waals surface area contributed by atoms with Gasteiger partial charge in [-0.25, -0.2) is 9.59 Å². The van der Waals surface area contributed by atoms with Crippen LogP contribution in [0.25, 0.3) is 0 Å². The Kier molecular flexibility index (Phi) is 5.58. The Morgan fingerprint density at radius 3 is 2.65 bits per heavy atom. The van der Waals surface area contributed by atoms with Gasteiger partial charge in [0.25, 0.3) is 0 Å². The summed E-state index contributed by atoms with van der Waals surface area (Å²) in [5.41, 5.74) is 0. The summed E-state index contributed by atoms with van der Waals surface area (Å²) in [6.45, 7) is 4.87. The van der Waals surface area contributed by atoms with Crippen LogP contribution >= 0.6 is 0 Å². The highest BCUT2D eigenvalue weighted by Crippen LogP contribution is 2.09. The zero-order valence-corrected chi connectivity index (χ0v) is 10.8. The minimum absolute atomic E-state index is 0.310. The van der Waals surface area contributed by atoms with Gasteiger partial charge in [-0.05, 0) is 38.8 Å². The second-order valence-corrected chi connectivity index (χ2v) is 4.86. The second kappa shape index (κ2) is 6.71. The van der Waals surface area contributed by atoms with Gasteiger partial charge in [0.2, 0.25) is 0 Å². The van der Waals surface area contributed by atoms with E-state index in [2.05, 4.69) is 10.6 Å². The van der Waals surface area contributed by atoms with Gasteiger partial charge < -0.3 is 15.4 Å². The van der Waals surface area contributed by atoms with E-state index in [1.165, 1.54) is 0 Å². The predicted molar refractivity (Wildman–Crippen MR) is 64.4 cm³/mol. The summed E-state index contributed by atoms with van der Waals surface area (Å²) in [5, 5.41) is 5.89. The summed E-state index contributed by atoms with van der Waals surface area (Å²) >= 11 is 0. The van der Waals surface area contributed by atoms with Gasteiger partial charge in [0.1, 0.15) is 12.1 Å². The SMILES string of the molecule is CN[C@@H](CC(C)C)C(=O)OC(=O)[C@@H]1CCCN1. The van der Waals surface area contributed by atoms with Crippen molar-refractivity contribution in [1.29, 1.82) is 0 Å². The standard InChI is InChI=1S/C12H22N2O3/c1-8(2)7-10(13-3)12(16)17-11(15)9-5-4-6-14-9/h8-10,13-14H,4-7H2,1-3H3/t9-,10-/m0/s1. The maximum Gasteiger partial charge on any atom is 0.330 e. The molecule has 0 aromatic carbocycles. The van der Waals surface area contributed by atoms with E-state index in [-0.39, 0.29) is 6.04 Å². The first-order valence-corrected chi connectivity index (χ1v) is 6.20. The molecule has 1 saturated heterocycles. The number of carbonyl (C=O) groups is 2. The van der Waals surface area contributed by atoms with Crippen LogP contribution in [0.2, 0.25) is 0 Å². The van der Waals surface area contributed by atoms with Gasteiger partial charge >= 0.3 is 11.9 Å². The topological polar surface area (TPSA) is 67.4 Å². The normalized spacial score (nSPS) is 21.5. The van der Waals surface area contributed by atoms with Crippen LogP contribution < -0.4 is 10.6 Å². The van der Waals surface area contributed by atoms with Crippen molar-refractivity contribution in [2.45, 2.75) is 45.2 Å². The first-order valence-electron chi connectivity index (χ1n) is 6.20. The molecule has 0 aromatic rings. The molecule has 0 radical (unpaired) electrons. The zero-order chi connectivity index (χ0) is 12.8. The van der Waals surface area contributed by atoms with E-state index >= 15 is 0 Å². The number of hydrogen-bond acceptors (Lipinski definition) is 5. The highest BCUT2D eigenvalue weighted by molar-refractivity contribution is 5.91. The minimum atomic E-state index is -0.472. The summed E-state index contributed by atoms with van der Waals surface area (Å²) < 4.78 is 4.89. The first kappa shape index (κ1) is 14.1. The summed E-state index contributed by atoms with van der Waals surface area (Å²) in [6.07, 6.45) is 2.37. The van der Waals surface area contributed by atoms with E-state index in [0.29, 0.717) is 12.3 Å². The van der Waals surface area contributed by atoms with Crippen molar-refractivity contribution in [2.75, 3.05) is 13.6 Å². The molecule has 2 N–H and O–H groups in total. The van der Waals surface area contributed by atoms with Crippen LogP contribution in [0.1, 0.15) is 33.1 Å². The van der Waals surface area contributed by atoms with Crippen molar-refractivity contribution >= 4 is 11.9 Å². The fourth-order valence-corrected chi connectivity index (χ4v) is 1.93. The Hall–Kier alpha value is -0.940. The Morgan fingerprint density at radius 2 is 2.18 bits per heavy atom.